The molecular formula is C22H35N5O. The Kier molecular flexibility index (Phi) is 7.31. The van der Waals surface area contributed by atoms with Crippen LogP contribution in [0.25, 0.3) is 0 Å². The Labute approximate surface area is 169 Å². The van der Waals surface area contributed by atoms with E-state index in [1.165, 1.54) is 31.5 Å². The van der Waals surface area contributed by atoms with Crippen LogP contribution in [-0.2, 0) is 11.3 Å². The minimum atomic E-state index is 0.231. The van der Waals surface area contributed by atoms with Crippen molar-refractivity contribution in [2.24, 2.45) is 10.9 Å². The van der Waals surface area contributed by atoms with Gasteiger partial charge >= 0.3 is 0 Å². The van der Waals surface area contributed by atoms with Gasteiger partial charge in [0.25, 0.3) is 0 Å². The fourth-order valence-electron chi connectivity index (χ4n) is 4.10. The maximum atomic E-state index is 11.9. The molecule has 0 bridgehead atoms. The van der Waals surface area contributed by atoms with Gasteiger partial charge in [0, 0.05) is 51.4 Å². The van der Waals surface area contributed by atoms with E-state index in [1.807, 2.05) is 24.1 Å². The van der Waals surface area contributed by atoms with Gasteiger partial charge in [-0.15, -0.1) is 0 Å². The number of aliphatic imine (C=N–C) groups is 1. The topological polar surface area (TPSA) is 60.0 Å². The predicted molar refractivity (Wildman–Crippen MR) is 116 cm³/mol. The van der Waals surface area contributed by atoms with Crippen LogP contribution in [0.1, 0.15) is 45.1 Å². The highest BCUT2D eigenvalue weighted by atomic mass is 16.2. The molecule has 1 atom stereocenters. The molecule has 0 aliphatic carbocycles. The van der Waals surface area contributed by atoms with Crippen LogP contribution in [0.4, 0.5) is 5.69 Å². The molecule has 2 saturated heterocycles. The van der Waals surface area contributed by atoms with E-state index in [4.69, 9.17) is 0 Å². The van der Waals surface area contributed by atoms with Crippen molar-refractivity contribution in [2.75, 3.05) is 38.1 Å². The highest BCUT2D eigenvalue weighted by molar-refractivity contribution is 5.95. The number of anilines is 1. The van der Waals surface area contributed by atoms with Gasteiger partial charge in [0.2, 0.25) is 5.91 Å². The zero-order valence-electron chi connectivity index (χ0n) is 17.6. The molecule has 0 radical (unpaired) electrons. The van der Waals surface area contributed by atoms with Crippen molar-refractivity contribution in [3.8, 4) is 0 Å². The first-order chi connectivity index (χ1) is 13.6. The number of rotatable bonds is 6. The minimum absolute atomic E-state index is 0.231. The van der Waals surface area contributed by atoms with E-state index in [0.717, 1.165) is 37.7 Å². The normalized spacial score (nSPS) is 21.4. The summed E-state index contributed by atoms with van der Waals surface area (Å²) in [5.74, 6) is 1.75. The summed E-state index contributed by atoms with van der Waals surface area (Å²) in [6.45, 7) is 9.46. The lowest BCUT2D eigenvalue weighted by molar-refractivity contribution is -0.117. The third kappa shape index (κ3) is 5.47. The first kappa shape index (κ1) is 20.6. The Balaban J connectivity index is 1.44. The zero-order chi connectivity index (χ0) is 19.9. The molecule has 0 spiro atoms. The smallest absolute Gasteiger partial charge is 0.227 e. The van der Waals surface area contributed by atoms with Gasteiger partial charge in [-0.3, -0.25) is 9.79 Å². The van der Waals surface area contributed by atoms with Crippen LogP contribution in [0.3, 0.4) is 0 Å². The van der Waals surface area contributed by atoms with Gasteiger partial charge in [0.15, 0.2) is 5.96 Å². The molecule has 28 heavy (non-hydrogen) atoms. The number of likely N-dealkylation sites (tertiary alicyclic amines) is 1. The largest absolute Gasteiger partial charge is 0.356 e. The number of hydrogen-bond acceptors (Lipinski definition) is 3. The van der Waals surface area contributed by atoms with E-state index in [2.05, 4.69) is 46.5 Å². The van der Waals surface area contributed by atoms with Gasteiger partial charge in [0.1, 0.15) is 0 Å². The predicted octanol–water partition coefficient (Wildman–Crippen LogP) is 2.60. The maximum absolute atomic E-state index is 11.9. The van der Waals surface area contributed by atoms with Gasteiger partial charge in [-0.25, -0.2) is 0 Å². The van der Waals surface area contributed by atoms with E-state index in [9.17, 15) is 4.79 Å². The molecule has 1 aromatic rings. The van der Waals surface area contributed by atoms with Gasteiger partial charge < -0.3 is 20.4 Å². The second-order valence-electron chi connectivity index (χ2n) is 8.22. The van der Waals surface area contributed by atoms with E-state index < -0.39 is 0 Å². The Morgan fingerprint density at radius 1 is 1.18 bits per heavy atom. The fraction of sp³-hybridized carbons (Fsp3) is 0.636. The molecule has 1 aromatic carbocycles. The first-order valence-corrected chi connectivity index (χ1v) is 10.6. The van der Waals surface area contributed by atoms with Crippen molar-refractivity contribution in [2.45, 2.75) is 52.1 Å². The molecule has 2 aliphatic rings. The Morgan fingerprint density at radius 2 is 1.96 bits per heavy atom. The average molecular weight is 386 g/mol. The monoisotopic (exact) mass is 385 g/mol. The summed E-state index contributed by atoms with van der Waals surface area (Å²) in [5, 5.41) is 6.89. The molecular weight excluding hydrogens is 350 g/mol. The summed E-state index contributed by atoms with van der Waals surface area (Å²) in [6.07, 6.45) is 4.19. The lowest BCUT2D eigenvalue weighted by Crippen LogP contribution is -2.45. The number of carbonyl (C=O) groups is 1. The number of guanidine groups is 1. The molecule has 1 unspecified atom stereocenters. The first-order valence-electron chi connectivity index (χ1n) is 10.6. The van der Waals surface area contributed by atoms with E-state index >= 15 is 0 Å². The molecule has 2 aliphatic heterocycles. The lowest BCUT2D eigenvalue weighted by atomic mass is 9.97. The second kappa shape index (κ2) is 9.92. The lowest BCUT2D eigenvalue weighted by Gasteiger charge is -2.35. The summed E-state index contributed by atoms with van der Waals surface area (Å²) >= 11 is 0. The molecule has 2 N–H and O–H groups in total. The average Bonchev–Trinajstić information content (AvgIpc) is 3.14. The number of nitrogens with zero attached hydrogens (tertiary/aromatic N) is 3. The summed E-state index contributed by atoms with van der Waals surface area (Å²) in [4.78, 5) is 20.7. The third-order valence-electron chi connectivity index (χ3n) is 5.84. The summed E-state index contributed by atoms with van der Waals surface area (Å²) in [6, 6.07) is 8.88. The van der Waals surface area contributed by atoms with Crippen LogP contribution in [0, 0.1) is 5.92 Å². The minimum Gasteiger partial charge on any atom is -0.356 e. The van der Waals surface area contributed by atoms with Crippen LogP contribution < -0.4 is 15.5 Å². The molecule has 6 heteroatoms. The molecule has 2 fully saturated rings. The third-order valence-corrected chi connectivity index (χ3v) is 5.84. The number of benzene rings is 1. The van der Waals surface area contributed by atoms with E-state index in [-0.39, 0.29) is 5.91 Å². The Morgan fingerprint density at radius 3 is 2.61 bits per heavy atom. The van der Waals surface area contributed by atoms with Gasteiger partial charge in [0.05, 0.1) is 0 Å². The van der Waals surface area contributed by atoms with Crippen molar-refractivity contribution in [3.63, 3.8) is 0 Å². The van der Waals surface area contributed by atoms with Gasteiger partial charge in [-0.05, 0) is 63.3 Å². The molecule has 2 heterocycles. The van der Waals surface area contributed by atoms with Crippen molar-refractivity contribution in [3.05, 3.63) is 29.8 Å². The Hall–Kier alpha value is -2.08. The Bertz CT molecular complexity index is 670. The van der Waals surface area contributed by atoms with Crippen molar-refractivity contribution in [1.82, 2.24) is 15.5 Å². The van der Waals surface area contributed by atoms with Crippen molar-refractivity contribution >= 4 is 17.6 Å². The molecule has 6 nitrogen and oxygen atoms in total. The molecule has 3 rings (SSSR count). The second-order valence-corrected chi connectivity index (χ2v) is 8.22. The van der Waals surface area contributed by atoms with Gasteiger partial charge in [-0.2, -0.15) is 0 Å². The van der Waals surface area contributed by atoms with Crippen LogP contribution in [0.5, 0.6) is 0 Å². The molecule has 0 aromatic heterocycles. The standard InChI is InChI=1S/C22H35N5O/c1-17(2)26-12-4-6-19(16-26)15-25-22(23-3)24-14-18-8-10-20(11-9-18)27-13-5-7-21(27)28/h8-11,17,19H,4-7,12-16H2,1-3H3,(H2,23,24,25). The SMILES string of the molecule is CN=C(NCc1ccc(N2CCCC2=O)cc1)NCC1CCCN(C(C)C)C1. The number of nitrogens with one attached hydrogen (secondary N) is 2. The highest BCUT2D eigenvalue weighted by Gasteiger charge is 2.22. The number of amides is 1. The number of carbonyl (C=O) groups excluding carboxylic acids is 1. The summed E-state index contributed by atoms with van der Waals surface area (Å²) in [7, 11) is 1.82. The zero-order valence-corrected chi connectivity index (χ0v) is 17.6. The van der Waals surface area contributed by atoms with Crippen LogP contribution in [-0.4, -0.2) is 56.0 Å². The van der Waals surface area contributed by atoms with Crippen molar-refractivity contribution < 1.29 is 4.79 Å². The quantitative estimate of drug-likeness (QED) is 0.584. The molecule has 154 valence electrons. The van der Waals surface area contributed by atoms with Gasteiger partial charge in [-0.1, -0.05) is 12.1 Å². The molecule has 1 amide bonds. The molecule has 0 saturated carbocycles. The van der Waals surface area contributed by atoms with Crippen LogP contribution in [0.2, 0.25) is 0 Å². The summed E-state index contributed by atoms with van der Waals surface area (Å²) in [5.41, 5.74) is 2.18. The fourth-order valence-corrected chi connectivity index (χ4v) is 4.10. The van der Waals surface area contributed by atoms with E-state index in [1.54, 1.807) is 0 Å². The maximum Gasteiger partial charge on any atom is 0.227 e. The number of hydrogen-bond donors (Lipinski definition) is 2. The highest BCUT2D eigenvalue weighted by Crippen LogP contribution is 2.21. The van der Waals surface area contributed by atoms with Crippen LogP contribution >= 0.6 is 0 Å². The van der Waals surface area contributed by atoms with Crippen molar-refractivity contribution in [1.29, 1.82) is 0 Å². The van der Waals surface area contributed by atoms with Crippen LogP contribution in [0.15, 0.2) is 29.3 Å². The summed E-state index contributed by atoms with van der Waals surface area (Å²) < 4.78 is 0. The van der Waals surface area contributed by atoms with E-state index in [0.29, 0.717) is 18.4 Å². The number of piperidine rings is 1.